The third kappa shape index (κ3) is 8.99. The van der Waals surface area contributed by atoms with Crippen LogP contribution in [0.15, 0.2) is 126 Å². The number of hydrogen-bond donors (Lipinski definition) is 4. The van der Waals surface area contributed by atoms with Crippen LogP contribution in [0.5, 0.6) is 0 Å². The number of carbonyl (C=O) groups excluding carboxylic acids is 1. The maximum atomic E-state index is 13.5. The Bertz CT molecular complexity index is 2580. The minimum Gasteiger partial charge on any atom is -0.744 e. The van der Waals surface area contributed by atoms with Gasteiger partial charge in [0.05, 0.1) is 38.2 Å². The van der Waals surface area contributed by atoms with Crippen LogP contribution in [0.2, 0.25) is 0 Å². The monoisotopic (exact) mass is 755 g/mol. The molecule has 7 N–H and O–H groups in total. The summed E-state index contributed by atoms with van der Waals surface area (Å²) in [5, 5.41) is 21.3. The van der Waals surface area contributed by atoms with Crippen molar-refractivity contribution in [1.82, 2.24) is 0 Å². The molecule has 5 aromatic rings. The van der Waals surface area contributed by atoms with Gasteiger partial charge in [-0.05, 0) is 90.5 Å². The van der Waals surface area contributed by atoms with Crippen molar-refractivity contribution in [3.05, 3.63) is 107 Å². The van der Waals surface area contributed by atoms with Crippen LogP contribution in [0, 0.1) is 0 Å². The van der Waals surface area contributed by atoms with Gasteiger partial charge in [0.1, 0.15) is 31.6 Å². The minimum absolute atomic E-state index is 0. The van der Waals surface area contributed by atoms with Crippen molar-refractivity contribution in [3.63, 3.8) is 0 Å². The van der Waals surface area contributed by atoms with Crippen LogP contribution in [0.4, 0.5) is 45.5 Å². The molecule has 0 saturated heterocycles. The Labute approximate surface area is 341 Å². The molecule has 52 heavy (non-hydrogen) atoms. The molecule has 0 aromatic heterocycles. The van der Waals surface area contributed by atoms with Crippen LogP contribution in [0.25, 0.3) is 16.8 Å². The Morgan fingerprint density at radius 3 is 1.88 bits per heavy atom. The van der Waals surface area contributed by atoms with Crippen molar-refractivity contribution >= 4 is 94.1 Å². The van der Waals surface area contributed by atoms with E-state index in [0.717, 1.165) is 18.2 Å². The number of nitrogens with two attached hydrogens (primary N) is 3. The van der Waals surface area contributed by atoms with Crippen LogP contribution < -0.4 is 81.7 Å². The summed E-state index contributed by atoms with van der Waals surface area (Å²) in [6.07, 6.45) is 1.05. The van der Waals surface area contributed by atoms with E-state index in [2.05, 4.69) is 31.0 Å². The molecule has 6 rings (SSSR count). The molecule has 0 radical (unpaired) electrons. The Morgan fingerprint density at radius 2 is 1.23 bits per heavy atom. The molecule has 1 aliphatic rings. The van der Waals surface area contributed by atoms with E-state index >= 15 is 0 Å². The number of hydrogen-bond acceptors (Lipinski definition) is 16. The van der Waals surface area contributed by atoms with Gasteiger partial charge >= 0.3 is 59.1 Å². The van der Waals surface area contributed by atoms with Crippen LogP contribution in [-0.4, -0.2) is 37.4 Å². The number of anilines is 4. The van der Waals surface area contributed by atoms with Gasteiger partial charge in [-0.3, -0.25) is 10.2 Å². The van der Waals surface area contributed by atoms with Crippen molar-refractivity contribution in [2.24, 2.45) is 25.6 Å². The van der Waals surface area contributed by atoms with Gasteiger partial charge in [0, 0.05) is 27.7 Å². The Hall–Kier alpha value is -4.34. The van der Waals surface area contributed by atoms with Crippen LogP contribution in [0.3, 0.4) is 0 Å². The summed E-state index contributed by atoms with van der Waals surface area (Å²) in [5.41, 5.74) is 21.9. The number of allylic oxidation sites excluding steroid dienone is 1. The van der Waals surface area contributed by atoms with Gasteiger partial charge in [-0.15, -0.1) is 15.3 Å². The third-order valence-corrected chi connectivity index (χ3v) is 9.00. The molecule has 0 heterocycles. The van der Waals surface area contributed by atoms with Gasteiger partial charge in [-0.2, -0.15) is 10.2 Å². The first-order chi connectivity index (χ1) is 23.7. The van der Waals surface area contributed by atoms with E-state index in [-0.39, 0.29) is 98.4 Å². The fourth-order valence-corrected chi connectivity index (χ4v) is 6.01. The fourth-order valence-electron chi connectivity index (χ4n) is 4.86. The first-order valence-corrected chi connectivity index (χ1v) is 17.1. The van der Waals surface area contributed by atoms with Crippen LogP contribution in [0.1, 0.15) is 15.9 Å². The second kappa shape index (κ2) is 16.1. The van der Waals surface area contributed by atoms with E-state index in [0.29, 0.717) is 28.1 Å². The number of nitrogen functional groups attached to an aromatic ring is 3. The number of hydrazone groups is 1. The number of carbonyl (C=O) groups is 1. The molecule has 0 bridgehead atoms. The summed E-state index contributed by atoms with van der Waals surface area (Å²) in [7, 11) is -9.94. The maximum Gasteiger partial charge on any atom is 1.00 e. The van der Waals surface area contributed by atoms with E-state index in [9.17, 15) is 30.7 Å². The molecule has 5 aromatic carbocycles. The molecule has 16 nitrogen and oxygen atoms in total. The van der Waals surface area contributed by atoms with Crippen molar-refractivity contribution < 1.29 is 89.9 Å². The summed E-state index contributed by atoms with van der Waals surface area (Å²) in [6, 6.07) is 21.7. The Balaban J connectivity index is 0.00000302. The van der Waals surface area contributed by atoms with Crippen molar-refractivity contribution in [2.75, 3.05) is 22.6 Å². The molecule has 252 valence electrons. The van der Waals surface area contributed by atoms with Crippen molar-refractivity contribution in [2.45, 2.75) is 4.90 Å². The van der Waals surface area contributed by atoms with Crippen LogP contribution in [-0.2, 0) is 20.2 Å². The number of nitrogens with one attached hydrogen (secondary N) is 1. The predicted molar refractivity (Wildman–Crippen MR) is 186 cm³/mol. The average molecular weight is 756 g/mol. The molecule has 0 aliphatic heterocycles. The standard InChI is InChI=1S/C32H25N9O7S2.2Na/c33-18-2-6-20(7-3-18)36-41-31-30(50(46,47)48)13-17-1-5-21(15-24(17)32(31)42)37-38-27-11-12-28(39-40-29-10-4-19(34)14-26(29)35)25-16-22(49(43,44)45)8-9-23(25)27;;/h1-16,36H,33-35H2,(H,43,44,45)(H,46,47,48);;/q;2*+1/p-2/b38-37?,40-39?,41-31+;;. The quantitative estimate of drug-likeness (QED) is 0.0532. The Kier molecular flexibility index (Phi) is 12.5. The smallest absolute Gasteiger partial charge is 0.744 e. The normalized spacial score (nSPS) is 13.8. The van der Waals surface area contributed by atoms with Gasteiger partial charge in [0.2, 0.25) is 5.78 Å². The van der Waals surface area contributed by atoms with E-state index in [1.165, 1.54) is 42.5 Å². The number of rotatable bonds is 8. The van der Waals surface area contributed by atoms with Gasteiger partial charge in [0.15, 0.2) is 0 Å². The first kappa shape index (κ1) is 40.4. The zero-order chi connectivity index (χ0) is 35.8. The summed E-state index contributed by atoms with van der Waals surface area (Å²) < 4.78 is 71.7. The summed E-state index contributed by atoms with van der Waals surface area (Å²) in [5.74, 6) is -0.856. The maximum absolute atomic E-state index is 13.5. The third-order valence-electron chi connectivity index (χ3n) is 7.31. The molecule has 0 unspecified atom stereocenters. The van der Waals surface area contributed by atoms with Crippen LogP contribution >= 0.6 is 0 Å². The SMILES string of the molecule is Nc1ccc(N/N=C2/C(=O)c3cc(N=Nc4ccc(N=Nc5ccc(N)cc5N)c5cc(S(=O)(=O)[O-])ccc45)ccc3C=C2S(=O)(=O)[O-])cc1.[Na+].[Na+]. The van der Waals surface area contributed by atoms with E-state index in [4.69, 9.17) is 17.2 Å². The topological polar surface area (TPSA) is 283 Å². The number of Topliss-reactive ketones (excluding diaryl/α,β-unsaturated/α-hetero) is 1. The average Bonchev–Trinajstić information content (AvgIpc) is 3.06. The zero-order valence-electron chi connectivity index (χ0n) is 27.4. The van der Waals surface area contributed by atoms with Crippen molar-refractivity contribution in [3.8, 4) is 0 Å². The van der Waals surface area contributed by atoms with Gasteiger partial charge in [-0.25, -0.2) is 16.8 Å². The fraction of sp³-hybridized carbons (Fsp3) is 0. The second-order valence-corrected chi connectivity index (χ2v) is 13.5. The van der Waals surface area contributed by atoms with E-state index in [1.807, 2.05) is 0 Å². The number of ketones is 1. The first-order valence-electron chi connectivity index (χ1n) is 14.2. The number of azo groups is 2. The molecular weight excluding hydrogens is 733 g/mol. The minimum atomic E-state index is -5.10. The Morgan fingerprint density at radius 1 is 0.615 bits per heavy atom. The second-order valence-electron chi connectivity index (χ2n) is 10.7. The summed E-state index contributed by atoms with van der Waals surface area (Å²) in [6.45, 7) is 0. The molecule has 0 atom stereocenters. The molecule has 20 heteroatoms. The number of benzene rings is 5. The van der Waals surface area contributed by atoms with Gasteiger partial charge < -0.3 is 26.3 Å². The van der Waals surface area contributed by atoms with Gasteiger partial charge in [0.25, 0.3) is 0 Å². The van der Waals surface area contributed by atoms with E-state index in [1.54, 1.807) is 36.4 Å². The molecular formula is C32H23N9Na2O7S2. The largest absolute Gasteiger partial charge is 1.00 e. The van der Waals surface area contributed by atoms with E-state index < -0.39 is 41.5 Å². The van der Waals surface area contributed by atoms with Crippen molar-refractivity contribution in [1.29, 1.82) is 0 Å². The molecule has 0 saturated carbocycles. The summed E-state index contributed by atoms with van der Waals surface area (Å²) in [4.78, 5) is 12.2. The zero-order valence-corrected chi connectivity index (χ0v) is 33.0. The summed E-state index contributed by atoms with van der Waals surface area (Å²) >= 11 is 0. The molecule has 0 spiro atoms. The predicted octanol–water partition coefficient (Wildman–Crippen LogP) is -0.120. The molecule has 1 aliphatic carbocycles. The molecule has 0 amide bonds. The van der Waals surface area contributed by atoms with Gasteiger partial charge in [-0.1, -0.05) is 12.1 Å². The number of fused-ring (bicyclic) bond motifs is 2. The molecule has 0 fully saturated rings. The number of nitrogens with zero attached hydrogens (tertiary/aromatic N) is 5.